The van der Waals surface area contributed by atoms with Gasteiger partial charge in [-0.05, 0) is 96.2 Å². The van der Waals surface area contributed by atoms with Crippen molar-refractivity contribution in [3.05, 3.63) is 82.0 Å². The van der Waals surface area contributed by atoms with Gasteiger partial charge in [0.15, 0.2) is 0 Å². The van der Waals surface area contributed by atoms with Gasteiger partial charge in [0.2, 0.25) is 0 Å². The quantitative estimate of drug-likeness (QED) is 0.628. The summed E-state index contributed by atoms with van der Waals surface area (Å²) in [5.41, 5.74) is 21.4. The molecule has 5 N–H and O–H groups in total. The molecule has 2 aromatic carbocycles. The van der Waals surface area contributed by atoms with Gasteiger partial charge in [0.1, 0.15) is 0 Å². The molecule has 0 bridgehead atoms. The molecular formula is C22H24ClN3. The molecule has 134 valence electrons. The van der Waals surface area contributed by atoms with Gasteiger partial charge in [-0.15, -0.1) is 12.4 Å². The van der Waals surface area contributed by atoms with Crippen LogP contribution in [0.1, 0.15) is 29.2 Å². The van der Waals surface area contributed by atoms with Crippen LogP contribution in [0.3, 0.4) is 0 Å². The normalized spacial score (nSPS) is 15.3. The number of allylic oxidation sites excluding steroid dienone is 5. The molecule has 0 aliphatic heterocycles. The third-order valence-corrected chi connectivity index (χ3v) is 4.67. The molecule has 0 saturated carbocycles. The van der Waals surface area contributed by atoms with E-state index in [1.165, 1.54) is 0 Å². The van der Waals surface area contributed by atoms with Gasteiger partial charge in [-0.25, -0.2) is 0 Å². The maximum Gasteiger partial charge on any atom is 0.0575 e. The predicted molar refractivity (Wildman–Crippen MR) is 116 cm³/mol. The van der Waals surface area contributed by atoms with Crippen molar-refractivity contribution in [1.29, 1.82) is 5.41 Å². The van der Waals surface area contributed by atoms with Crippen molar-refractivity contribution >= 4 is 41.1 Å². The fraction of sp³-hybridized carbons (Fsp3) is 0.136. The molecule has 3 rings (SSSR count). The first-order valence-corrected chi connectivity index (χ1v) is 8.29. The SMILES string of the molecule is CC1=C(c2ccc(N)c(C)c2)C(=Cc2ccc(N)c(C)c2)C=CC1=N.Cl. The lowest BCUT2D eigenvalue weighted by Crippen LogP contribution is -2.06. The lowest BCUT2D eigenvalue weighted by molar-refractivity contribution is 1.40. The smallest absolute Gasteiger partial charge is 0.0575 e. The van der Waals surface area contributed by atoms with Gasteiger partial charge in [-0.2, -0.15) is 0 Å². The molecule has 0 atom stereocenters. The summed E-state index contributed by atoms with van der Waals surface area (Å²) in [5, 5.41) is 8.19. The van der Waals surface area contributed by atoms with Gasteiger partial charge in [0.25, 0.3) is 0 Å². The summed E-state index contributed by atoms with van der Waals surface area (Å²) in [7, 11) is 0. The van der Waals surface area contributed by atoms with Crippen LogP contribution in [0.15, 0.2) is 59.7 Å². The molecule has 4 heteroatoms. The summed E-state index contributed by atoms with van der Waals surface area (Å²) in [5.74, 6) is 0. The van der Waals surface area contributed by atoms with Crippen LogP contribution < -0.4 is 11.5 Å². The third-order valence-electron chi connectivity index (χ3n) is 4.67. The van der Waals surface area contributed by atoms with E-state index in [4.69, 9.17) is 16.9 Å². The molecule has 0 spiro atoms. The Labute approximate surface area is 161 Å². The molecule has 0 radical (unpaired) electrons. The van der Waals surface area contributed by atoms with E-state index < -0.39 is 0 Å². The zero-order valence-electron chi connectivity index (χ0n) is 15.3. The van der Waals surface area contributed by atoms with Crippen molar-refractivity contribution in [3.63, 3.8) is 0 Å². The summed E-state index contributed by atoms with van der Waals surface area (Å²) in [6.45, 7) is 6.01. The molecule has 0 aromatic heterocycles. The van der Waals surface area contributed by atoms with Crippen molar-refractivity contribution in [2.24, 2.45) is 0 Å². The van der Waals surface area contributed by atoms with Gasteiger partial charge in [0.05, 0.1) is 5.71 Å². The highest BCUT2D eigenvalue weighted by Crippen LogP contribution is 2.34. The van der Waals surface area contributed by atoms with Gasteiger partial charge in [-0.1, -0.05) is 18.2 Å². The Morgan fingerprint density at radius 3 is 2.08 bits per heavy atom. The van der Waals surface area contributed by atoms with Crippen molar-refractivity contribution in [3.8, 4) is 0 Å². The van der Waals surface area contributed by atoms with Crippen LogP contribution in [0.5, 0.6) is 0 Å². The number of anilines is 2. The summed E-state index contributed by atoms with van der Waals surface area (Å²) >= 11 is 0. The van der Waals surface area contributed by atoms with E-state index in [0.717, 1.165) is 50.3 Å². The summed E-state index contributed by atoms with van der Waals surface area (Å²) < 4.78 is 0. The molecule has 1 aliphatic rings. The number of rotatable bonds is 2. The molecule has 3 nitrogen and oxygen atoms in total. The third kappa shape index (κ3) is 3.73. The highest BCUT2D eigenvalue weighted by Gasteiger charge is 2.17. The van der Waals surface area contributed by atoms with Crippen LogP contribution in [-0.2, 0) is 0 Å². The molecular weight excluding hydrogens is 342 g/mol. The van der Waals surface area contributed by atoms with Crippen LogP contribution in [0.4, 0.5) is 11.4 Å². The average molecular weight is 366 g/mol. The number of halogens is 1. The minimum atomic E-state index is 0. The Balaban J connectivity index is 0.00000243. The Kier molecular flexibility index (Phi) is 5.73. The van der Waals surface area contributed by atoms with Gasteiger partial charge < -0.3 is 16.9 Å². The number of nitrogen functional groups attached to an aromatic ring is 2. The first-order chi connectivity index (χ1) is 11.9. The Bertz CT molecular complexity index is 965. The van der Waals surface area contributed by atoms with E-state index in [-0.39, 0.29) is 12.4 Å². The van der Waals surface area contributed by atoms with Gasteiger partial charge >= 0.3 is 0 Å². The fourth-order valence-corrected chi connectivity index (χ4v) is 3.04. The minimum Gasteiger partial charge on any atom is -0.399 e. The highest BCUT2D eigenvalue weighted by molar-refractivity contribution is 6.16. The van der Waals surface area contributed by atoms with E-state index in [0.29, 0.717) is 5.71 Å². The van der Waals surface area contributed by atoms with Crippen LogP contribution >= 0.6 is 12.4 Å². The van der Waals surface area contributed by atoms with Gasteiger partial charge in [-0.3, -0.25) is 0 Å². The second-order valence-corrected chi connectivity index (χ2v) is 6.53. The molecule has 1 aliphatic carbocycles. The first kappa shape index (κ1) is 19.5. The van der Waals surface area contributed by atoms with E-state index in [2.05, 4.69) is 18.2 Å². The molecule has 0 unspecified atom stereocenters. The van der Waals surface area contributed by atoms with Gasteiger partial charge in [0, 0.05) is 11.4 Å². The first-order valence-electron chi connectivity index (χ1n) is 8.29. The maximum absolute atomic E-state index is 8.19. The van der Waals surface area contributed by atoms with Crippen LogP contribution in [0.2, 0.25) is 0 Å². The second kappa shape index (κ2) is 7.63. The lowest BCUT2D eigenvalue weighted by Gasteiger charge is -2.19. The van der Waals surface area contributed by atoms with Crippen LogP contribution in [0.25, 0.3) is 11.6 Å². The van der Waals surface area contributed by atoms with E-state index in [1.54, 1.807) is 0 Å². The molecule has 2 aromatic rings. The van der Waals surface area contributed by atoms with Crippen molar-refractivity contribution < 1.29 is 0 Å². The predicted octanol–water partition coefficient (Wildman–Crippen LogP) is 5.34. The Hall–Kier alpha value is -2.78. The Morgan fingerprint density at radius 2 is 1.46 bits per heavy atom. The number of aryl methyl sites for hydroxylation is 2. The zero-order valence-corrected chi connectivity index (χ0v) is 16.1. The minimum absolute atomic E-state index is 0. The number of benzene rings is 2. The number of nitrogens with two attached hydrogens (primary N) is 2. The van der Waals surface area contributed by atoms with Crippen LogP contribution in [-0.4, -0.2) is 5.71 Å². The maximum atomic E-state index is 8.19. The standard InChI is InChI=1S/C22H23N3.ClH/c1-13-10-16(4-7-19(13)23)12-18-6-9-21(25)15(3)22(18)17-5-8-20(24)14(2)11-17;/h4-12,25H,23-24H2,1-3H3;1H. The summed E-state index contributed by atoms with van der Waals surface area (Å²) in [4.78, 5) is 0. The average Bonchev–Trinajstić information content (AvgIpc) is 2.57. The largest absolute Gasteiger partial charge is 0.399 e. The van der Waals surface area contributed by atoms with E-state index in [1.807, 2.05) is 57.2 Å². The number of nitrogens with one attached hydrogen (secondary N) is 1. The second-order valence-electron chi connectivity index (χ2n) is 6.53. The number of hydrogen-bond donors (Lipinski definition) is 3. The van der Waals surface area contributed by atoms with Crippen molar-refractivity contribution in [2.75, 3.05) is 11.5 Å². The van der Waals surface area contributed by atoms with Crippen molar-refractivity contribution in [1.82, 2.24) is 0 Å². The summed E-state index contributed by atoms with van der Waals surface area (Å²) in [6.07, 6.45) is 5.99. The zero-order chi connectivity index (χ0) is 18.1. The fourth-order valence-electron chi connectivity index (χ4n) is 3.04. The molecule has 0 amide bonds. The summed E-state index contributed by atoms with van der Waals surface area (Å²) in [6, 6.07) is 12.1. The van der Waals surface area contributed by atoms with E-state index in [9.17, 15) is 0 Å². The van der Waals surface area contributed by atoms with Crippen LogP contribution in [0, 0.1) is 19.3 Å². The Morgan fingerprint density at radius 1 is 0.846 bits per heavy atom. The molecule has 0 fully saturated rings. The monoisotopic (exact) mass is 365 g/mol. The lowest BCUT2D eigenvalue weighted by atomic mass is 9.85. The molecule has 26 heavy (non-hydrogen) atoms. The molecule has 0 heterocycles. The number of hydrogen-bond acceptors (Lipinski definition) is 3. The topological polar surface area (TPSA) is 75.9 Å². The molecule has 0 saturated heterocycles. The van der Waals surface area contributed by atoms with Crippen molar-refractivity contribution in [2.45, 2.75) is 20.8 Å². The highest BCUT2D eigenvalue weighted by atomic mass is 35.5. The van der Waals surface area contributed by atoms with E-state index >= 15 is 0 Å².